The number of hydrogen-bond acceptors (Lipinski definition) is 2. The number of carbonyl (C=O) groups is 2. The minimum absolute atomic E-state index is 0.196. The number of unbranched alkanes of at least 4 members (excludes halogenated alkanes) is 4. The van der Waals surface area contributed by atoms with Gasteiger partial charge in [0.15, 0.2) is 0 Å². The smallest absolute Gasteiger partial charge is 0.136 e. The third-order valence-electron chi connectivity index (χ3n) is 4.41. The second-order valence-electron chi connectivity index (χ2n) is 6.07. The van der Waals surface area contributed by atoms with Crippen LogP contribution < -0.4 is 0 Å². The van der Waals surface area contributed by atoms with Crippen molar-refractivity contribution in [2.24, 2.45) is 11.8 Å². The Morgan fingerprint density at radius 2 is 1.79 bits per heavy atom. The fraction of sp³-hybridized carbons (Fsp3) is 0.882. The number of Topliss-reactive ketones (excluding diaryl/α,β-unsaturated/α-hetero) is 2. The summed E-state index contributed by atoms with van der Waals surface area (Å²) in [5, 5.41) is 0. The third kappa shape index (κ3) is 5.88. The number of rotatable bonds is 10. The van der Waals surface area contributed by atoms with Gasteiger partial charge in [-0.25, -0.2) is 0 Å². The molecule has 0 spiro atoms. The lowest BCUT2D eigenvalue weighted by Gasteiger charge is -2.17. The molecule has 0 N–H and O–H groups in total. The van der Waals surface area contributed by atoms with E-state index in [0.717, 1.165) is 44.9 Å². The van der Waals surface area contributed by atoms with Crippen LogP contribution in [-0.4, -0.2) is 11.6 Å². The first-order chi connectivity index (χ1) is 9.19. The zero-order chi connectivity index (χ0) is 14.1. The van der Waals surface area contributed by atoms with Gasteiger partial charge in [-0.1, -0.05) is 46.0 Å². The summed E-state index contributed by atoms with van der Waals surface area (Å²) in [5.74, 6) is 1.36. The van der Waals surface area contributed by atoms with Gasteiger partial charge in [0, 0.05) is 25.2 Å². The first kappa shape index (κ1) is 16.4. The average molecular weight is 266 g/mol. The van der Waals surface area contributed by atoms with Crippen LogP contribution in [0.2, 0.25) is 0 Å². The summed E-state index contributed by atoms with van der Waals surface area (Å²) in [6.07, 6.45) is 10.9. The Morgan fingerprint density at radius 1 is 1.11 bits per heavy atom. The largest absolute Gasteiger partial charge is 0.300 e. The van der Waals surface area contributed by atoms with E-state index < -0.39 is 0 Å². The van der Waals surface area contributed by atoms with Gasteiger partial charge >= 0.3 is 0 Å². The molecule has 110 valence electrons. The summed E-state index contributed by atoms with van der Waals surface area (Å²) >= 11 is 0. The van der Waals surface area contributed by atoms with Crippen LogP contribution in [0.5, 0.6) is 0 Å². The highest BCUT2D eigenvalue weighted by atomic mass is 16.1. The molecule has 2 heteroatoms. The van der Waals surface area contributed by atoms with Gasteiger partial charge in [-0.2, -0.15) is 0 Å². The molecule has 0 saturated heterocycles. The summed E-state index contributed by atoms with van der Waals surface area (Å²) in [4.78, 5) is 23.9. The van der Waals surface area contributed by atoms with Gasteiger partial charge in [-0.05, 0) is 25.2 Å². The van der Waals surface area contributed by atoms with E-state index in [1.54, 1.807) is 0 Å². The second kappa shape index (κ2) is 9.28. The van der Waals surface area contributed by atoms with E-state index in [1.165, 1.54) is 12.8 Å². The van der Waals surface area contributed by atoms with E-state index in [4.69, 9.17) is 0 Å². The molecule has 1 aliphatic rings. The van der Waals surface area contributed by atoms with E-state index in [9.17, 15) is 9.59 Å². The maximum absolute atomic E-state index is 11.9. The van der Waals surface area contributed by atoms with E-state index in [-0.39, 0.29) is 5.92 Å². The van der Waals surface area contributed by atoms with Crippen molar-refractivity contribution in [2.45, 2.75) is 84.5 Å². The van der Waals surface area contributed by atoms with Crippen LogP contribution in [0, 0.1) is 11.8 Å². The monoisotopic (exact) mass is 266 g/mol. The average Bonchev–Trinajstić information content (AvgIpc) is 2.72. The highest BCUT2D eigenvalue weighted by Gasteiger charge is 2.34. The molecular weight excluding hydrogens is 236 g/mol. The maximum atomic E-state index is 11.9. The molecule has 0 heterocycles. The van der Waals surface area contributed by atoms with Gasteiger partial charge in [0.2, 0.25) is 0 Å². The Bertz CT molecular complexity index is 283. The van der Waals surface area contributed by atoms with Gasteiger partial charge in [-0.3, -0.25) is 9.59 Å². The Morgan fingerprint density at radius 3 is 2.47 bits per heavy atom. The summed E-state index contributed by atoms with van der Waals surface area (Å²) in [6, 6.07) is 0. The lowest BCUT2D eigenvalue weighted by atomic mass is 9.86. The normalized spacial score (nSPS) is 22.9. The molecule has 1 rings (SSSR count). The summed E-state index contributed by atoms with van der Waals surface area (Å²) in [7, 11) is 0. The molecule has 1 aliphatic carbocycles. The van der Waals surface area contributed by atoms with Crippen molar-refractivity contribution in [3.63, 3.8) is 0 Å². The van der Waals surface area contributed by atoms with Gasteiger partial charge in [0.25, 0.3) is 0 Å². The maximum Gasteiger partial charge on any atom is 0.136 e. The van der Waals surface area contributed by atoms with Crippen LogP contribution in [0.3, 0.4) is 0 Å². The Labute approximate surface area is 118 Å². The standard InChI is InChI=1S/C17H30O2/c1-3-5-7-9-15(18)13-14-11-12-17(19)16(14)10-8-6-4-2/h14,16H,3-13H2,1-2H3. The van der Waals surface area contributed by atoms with Gasteiger partial charge in [0.05, 0.1) is 0 Å². The van der Waals surface area contributed by atoms with Crippen LogP contribution in [0.25, 0.3) is 0 Å². The van der Waals surface area contributed by atoms with Crippen LogP contribution in [-0.2, 0) is 9.59 Å². The SMILES string of the molecule is CCCCCC(=O)CC1CCC(=O)C1CCCCC. The van der Waals surface area contributed by atoms with E-state index >= 15 is 0 Å². The predicted molar refractivity (Wildman–Crippen MR) is 79.1 cm³/mol. The van der Waals surface area contributed by atoms with Crippen molar-refractivity contribution < 1.29 is 9.59 Å². The van der Waals surface area contributed by atoms with E-state index in [1.807, 2.05) is 0 Å². The predicted octanol–water partition coefficient (Wildman–Crippen LogP) is 4.70. The first-order valence-corrected chi connectivity index (χ1v) is 8.23. The molecule has 0 radical (unpaired) electrons. The Balaban J connectivity index is 2.33. The fourth-order valence-electron chi connectivity index (χ4n) is 3.20. The molecule has 0 aromatic rings. The number of ketones is 2. The van der Waals surface area contributed by atoms with Crippen molar-refractivity contribution in [1.82, 2.24) is 0 Å². The lowest BCUT2D eigenvalue weighted by Crippen LogP contribution is -2.18. The first-order valence-electron chi connectivity index (χ1n) is 8.23. The zero-order valence-electron chi connectivity index (χ0n) is 12.7. The molecule has 2 nitrogen and oxygen atoms in total. The Hall–Kier alpha value is -0.660. The van der Waals surface area contributed by atoms with Crippen LogP contribution in [0.4, 0.5) is 0 Å². The van der Waals surface area contributed by atoms with Gasteiger partial charge in [0.1, 0.15) is 11.6 Å². The van der Waals surface area contributed by atoms with Crippen molar-refractivity contribution in [2.75, 3.05) is 0 Å². The molecule has 0 aromatic carbocycles. The zero-order valence-corrected chi connectivity index (χ0v) is 12.7. The molecule has 1 fully saturated rings. The molecule has 0 aromatic heterocycles. The topological polar surface area (TPSA) is 34.1 Å². The van der Waals surface area contributed by atoms with Crippen molar-refractivity contribution in [3.05, 3.63) is 0 Å². The van der Waals surface area contributed by atoms with Crippen LogP contribution >= 0.6 is 0 Å². The molecule has 2 unspecified atom stereocenters. The highest BCUT2D eigenvalue weighted by molar-refractivity contribution is 5.85. The Kier molecular flexibility index (Phi) is 8.00. The van der Waals surface area contributed by atoms with Crippen molar-refractivity contribution >= 4 is 11.6 Å². The van der Waals surface area contributed by atoms with Crippen molar-refractivity contribution in [1.29, 1.82) is 0 Å². The lowest BCUT2D eigenvalue weighted by molar-refractivity contribution is -0.122. The van der Waals surface area contributed by atoms with Crippen LogP contribution in [0.1, 0.15) is 84.5 Å². The molecule has 0 amide bonds. The minimum atomic E-state index is 0.196. The molecule has 2 atom stereocenters. The molecule has 0 bridgehead atoms. The third-order valence-corrected chi connectivity index (χ3v) is 4.41. The van der Waals surface area contributed by atoms with Gasteiger partial charge < -0.3 is 0 Å². The number of carbonyl (C=O) groups excluding carboxylic acids is 2. The van der Waals surface area contributed by atoms with Crippen molar-refractivity contribution in [3.8, 4) is 0 Å². The van der Waals surface area contributed by atoms with Gasteiger partial charge in [-0.15, -0.1) is 0 Å². The van der Waals surface area contributed by atoms with E-state index in [0.29, 0.717) is 30.3 Å². The summed E-state index contributed by atoms with van der Waals surface area (Å²) in [6.45, 7) is 4.34. The van der Waals surface area contributed by atoms with Crippen LogP contribution in [0.15, 0.2) is 0 Å². The number of hydrogen-bond donors (Lipinski definition) is 0. The molecule has 1 saturated carbocycles. The fourth-order valence-corrected chi connectivity index (χ4v) is 3.20. The summed E-state index contributed by atoms with van der Waals surface area (Å²) < 4.78 is 0. The molecule has 0 aliphatic heterocycles. The summed E-state index contributed by atoms with van der Waals surface area (Å²) in [5.41, 5.74) is 0. The molecule has 19 heavy (non-hydrogen) atoms. The quantitative estimate of drug-likeness (QED) is 0.537. The van der Waals surface area contributed by atoms with E-state index in [2.05, 4.69) is 13.8 Å². The molecular formula is C17H30O2. The minimum Gasteiger partial charge on any atom is -0.300 e. The highest BCUT2D eigenvalue weighted by Crippen LogP contribution is 2.35. The second-order valence-corrected chi connectivity index (χ2v) is 6.07.